The molecule has 2 aromatic rings. The predicted molar refractivity (Wildman–Crippen MR) is 107 cm³/mol. The number of unbranched alkanes of at least 4 members (excludes halogenated alkanes) is 4. The topological polar surface area (TPSA) is 12.4 Å². The summed E-state index contributed by atoms with van der Waals surface area (Å²) in [5, 5.41) is 0. The Morgan fingerprint density at radius 2 is 1.17 bits per heavy atom. The molecule has 1 heteroatoms. The minimum absolute atomic E-state index is 1.03. The van der Waals surface area contributed by atoms with Crippen molar-refractivity contribution >= 4 is 11.9 Å². The van der Waals surface area contributed by atoms with E-state index in [4.69, 9.17) is 0 Å². The fraction of sp³-hybridized carbons (Fsp3) is 0.435. The van der Waals surface area contributed by atoms with Gasteiger partial charge in [-0.2, -0.15) is 0 Å². The SMILES string of the molecule is CCCCCc1ccc(C=Nc2ccc(CCCCC)cc2)cc1. The van der Waals surface area contributed by atoms with E-state index in [0.717, 1.165) is 5.69 Å². The van der Waals surface area contributed by atoms with Crippen LogP contribution in [0.15, 0.2) is 53.5 Å². The molecule has 1 nitrogen and oxygen atoms in total. The summed E-state index contributed by atoms with van der Waals surface area (Å²) >= 11 is 0. The van der Waals surface area contributed by atoms with Gasteiger partial charge in [-0.3, -0.25) is 4.99 Å². The predicted octanol–water partition coefficient (Wildman–Crippen LogP) is 6.90. The summed E-state index contributed by atoms with van der Waals surface area (Å²) in [7, 11) is 0. The normalized spacial score (nSPS) is 11.2. The van der Waals surface area contributed by atoms with E-state index in [-0.39, 0.29) is 0 Å². The van der Waals surface area contributed by atoms with E-state index in [1.54, 1.807) is 0 Å². The maximum Gasteiger partial charge on any atom is 0.0630 e. The second-order valence-electron chi connectivity index (χ2n) is 6.58. The number of hydrogen-bond donors (Lipinski definition) is 0. The Kier molecular flexibility index (Phi) is 8.31. The molecule has 128 valence electrons. The largest absolute Gasteiger partial charge is 0.256 e. The van der Waals surface area contributed by atoms with Gasteiger partial charge in [0.25, 0.3) is 0 Å². The van der Waals surface area contributed by atoms with Crippen molar-refractivity contribution in [2.24, 2.45) is 4.99 Å². The minimum Gasteiger partial charge on any atom is -0.256 e. The second kappa shape index (κ2) is 10.8. The number of aliphatic imine (C=N–C) groups is 1. The molecule has 0 fully saturated rings. The summed E-state index contributed by atoms with van der Waals surface area (Å²) in [5.41, 5.74) is 5.04. The lowest BCUT2D eigenvalue weighted by Crippen LogP contribution is -1.87. The Bertz CT molecular complexity index is 537. The van der Waals surface area contributed by atoms with Crippen molar-refractivity contribution in [3.63, 3.8) is 0 Å². The van der Waals surface area contributed by atoms with Crippen molar-refractivity contribution in [1.29, 1.82) is 0 Å². The first-order chi connectivity index (χ1) is 11.8. The zero-order chi connectivity index (χ0) is 17.0. The highest BCUT2D eigenvalue weighted by Crippen LogP contribution is 2.15. The van der Waals surface area contributed by atoms with Gasteiger partial charge in [0.15, 0.2) is 0 Å². The summed E-state index contributed by atoms with van der Waals surface area (Å²) in [5.74, 6) is 0. The third-order valence-corrected chi connectivity index (χ3v) is 4.42. The van der Waals surface area contributed by atoms with Crippen LogP contribution in [0.4, 0.5) is 5.69 Å². The van der Waals surface area contributed by atoms with Crippen LogP contribution < -0.4 is 0 Å². The van der Waals surface area contributed by atoms with E-state index in [0.29, 0.717) is 0 Å². The third kappa shape index (κ3) is 6.70. The molecule has 0 N–H and O–H groups in total. The van der Waals surface area contributed by atoms with Gasteiger partial charge in [0.1, 0.15) is 0 Å². The molecule has 2 rings (SSSR count). The number of nitrogens with zero attached hydrogens (tertiary/aromatic N) is 1. The highest BCUT2D eigenvalue weighted by atomic mass is 14.7. The van der Waals surface area contributed by atoms with E-state index in [1.165, 1.54) is 68.1 Å². The quantitative estimate of drug-likeness (QED) is 0.333. The van der Waals surface area contributed by atoms with Crippen molar-refractivity contribution in [3.8, 4) is 0 Å². The van der Waals surface area contributed by atoms with Crippen LogP contribution in [0.1, 0.15) is 69.1 Å². The van der Waals surface area contributed by atoms with Crippen molar-refractivity contribution in [3.05, 3.63) is 65.2 Å². The molecule has 2 aromatic carbocycles. The van der Waals surface area contributed by atoms with Crippen LogP contribution in [0.3, 0.4) is 0 Å². The molecule has 0 saturated carbocycles. The van der Waals surface area contributed by atoms with Crippen molar-refractivity contribution in [1.82, 2.24) is 0 Å². The number of rotatable bonds is 10. The molecule has 0 aliphatic heterocycles. The van der Waals surface area contributed by atoms with E-state index >= 15 is 0 Å². The van der Waals surface area contributed by atoms with Crippen LogP contribution in [0.2, 0.25) is 0 Å². The van der Waals surface area contributed by atoms with Gasteiger partial charge >= 0.3 is 0 Å². The van der Waals surface area contributed by atoms with Crippen LogP contribution >= 0.6 is 0 Å². The van der Waals surface area contributed by atoms with Gasteiger partial charge in [-0.05, 0) is 54.5 Å². The molecule has 0 heterocycles. The summed E-state index contributed by atoms with van der Waals surface area (Å²) in [6.07, 6.45) is 12.1. The molecule has 24 heavy (non-hydrogen) atoms. The van der Waals surface area contributed by atoms with Crippen LogP contribution in [-0.2, 0) is 12.8 Å². The van der Waals surface area contributed by atoms with Gasteiger partial charge in [-0.15, -0.1) is 0 Å². The second-order valence-corrected chi connectivity index (χ2v) is 6.58. The van der Waals surface area contributed by atoms with Crippen LogP contribution in [0, 0.1) is 0 Å². The molecule has 0 radical (unpaired) electrons. The smallest absolute Gasteiger partial charge is 0.0630 e. The fourth-order valence-corrected chi connectivity index (χ4v) is 2.83. The van der Waals surface area contributed by atoms with Crippen LogP contribution in [-0.4, -0.2) is 6.21 Å². The van der Waals surface area contributed by atoms with E-state index in [2.05, 4.69) is 67.4 Å². The van der Waals surface area contributed by atoms with Gasteiger partial charge in [-0.25, -0.2) is 0 Å². The third-order valence-electron chi connectivity index (χ3n) is 4.42. The van der Waals surface area contributed by atoms with E-state index in [1.807, 2.05) is 6.21 Å². The molecule has 0 aliphatic rings. The summed E-state index contributed by atoms with van der Waals surface area (Å²) in [4.78, 5) is 4.59. The van der Waals surface area contributed by atoms with Crippen molar-refractivity contribution in [2.75, 3.05) is 0 Å². The molecule has 0 aliphatic carbocycles. The Morgan fingerprint density at radius 3 is 1.67 bits per heavy atom. The first-order valence-corrected chi connectivity index (χ1v) is 9.53. The molecule has 0 atom stereocenters. The molecule has 0 spiro atoms. The molecular formula is C23H31N. The Balaban J connectivity index is 1.86. The maximum absolute atomic E-state index is 4.59. The van der Waals surface area contributed by atoms with E-state index < -0.39 is 0 Å². The average molecular weight is 322 g/mol. The lowest BCUT2D eigenvalue weighted by molar-refractivity contribution is 0.717. The average Bonchev–Trinajstić information content (AvgIpc) is 2.63. The van der Waals surface area contributed by atoms with Gasteiger partial charge in [0.2, 0.25) is 0 Å². The van der Waals surface area contributed by atoms with Crippen molar-refractivity contribution < 1.29 is 0 Å². The zero-order valence-electron chi connectivity index (χ0n) is 15.3. The molecule has 0 saturated heterocycles. The molecule has 0 amide bonds. The van der Waals surface area contributed by atoms with Gasteiger partial charge in [0.05, 0.1) is 5.69 Å². The maximum atomic E-state index is 4.59. The first kappa shape index (κ1) is 18.4. The lowest BCUT2D eigenvalue weighted by atomic mass is 10.1. The lowest BCUT2D eigenvalue weighted by Gasteiger charge is -2.02. The molecular weight excluding hydrogens is 290 g/mol. The van der Waals surface area contributed by atoms with Crippen LogP contribution in [0.25, 0.3) is 0 Å². The highest BCUT2D eigenvalue weighted by molar-refractivity contribution is 5.81. The highest BCUT2D eigenvalue weighted by Gasteiger charge is 1.96. The molecule has 0 bridgehead atoms. The Hall–Kier alpha value is -1.89. The number of benzene rings is 2. The van der Waals surface area contributed by atoms with Crippen LogP contribution in [0.5, 0.6) is 0 Å². The summed E-state index contributed by atoms with van der Waals surface area (Å²) < 4.78 is 0. The van der Waals surface area contributed by atoms with E-state index in [9.17, 15) is 0 Å². The fourth-order valence-electron chi connectivity index (χ4n) is 2.83. The number of hydrogen-bond acceptors (Lipinski definition) is 1. The summed E-state index contributed by atoms with van der Waals surface area (Å²) in [6, 6.07) is 17.5. The molecule has 0 unspecified atom stereocenters. The summed E-state index contributed by atoms with van der Waals surface area (Å²) in [6.45, 7) is 4.49. The van der Waals surface area contributed by atoms with Gasteiger partial charge in [-0.1, -0.05) is 75.9 Å². The monoisotopic (exact) mass is 321 g/mol. The van der Waals surface area contributed by atoms with Crippen molar-refractivity contribution in [2.45, 2.75) is 65.2 Å². The standard InChI is InChI=1S/C23H31N/c1-3-5-7-9-20-11-13-22(14-12-20)19-24-23-17-15-21(16-18-23)10-8-6-4-2/h11-19H,3-10H2,1-2H3. The Morgan fingerprint density at radius 1 is 0.667 bits per heavy atom. The van der Waals surface area contributed by atoms with Gasteiger partial charge < -0.3 is 0 Å². The number of aryl methyl sites for hydroxylation is 2. The van der Waals surface area contributed by atoms with Gasteiger partial charge in [0, 0.05) is 6.21 Å². The Labute approximate surface area is 147 Å². The first-order valence-electron chi connectivity index (χ1n) is 9.53. The zero-order valence-corrected chi connectivity index (χ0v) is 15.3. The molecule has 0 aromatic heterocycles. The minimum atomic E-state index is 1.03.